The molecule has 2 heterocycles. The van der Waals surface area contributed by atoms with Gasteiger partial charge in [0.25, 0.3) is 0 Å². The molecule has 0 saturated carbocycles. The molecule has 0 atom stereocenters. The second-order valence-electron chi connectivity index (χ2n) is 3.85. The molecule has 0 N–H and O–H groups in total. The maximum atomic E-state index is 5.84. The van der Waals surface area contributed by atoms with Crippen LogP contribution in [0.4, 0.5) is 0 Å². The molecule has 0 amide bonds. The Kier molecular flexibility index (Phi) is 3.22. The molecule has 90 valence electrons. The first kappa shape index (κ1) is 11.9. The molecule has 0 fully saturated rings. The van der Waals surface area contributed by atoms with Gasteiger partial charge in [0.15, 0.2) is 15.7 Å². The molecule has 0 radical (unpaired) electrons. The van der Waals surface area contributed by atoms with Crippen molar-refractivity contribution < 1.29 is 9.47 Å². The first-order valence-electron chi connectivity index (χ1n) is 6.02. The summed E-state index contributed by atoms with van der Waals surface area (Å²) in [7, 11) is 4.04. The predicted octanol–water partition coefficient (Wildman–Crippen LogP) is 2.05. The second kappa shape index (κ2) is 4.86. The molecule has 3 aromatic rings. The lowest BCUT2D eigenvalue weighted by atomic mass is 10.1. The summed E-state index contributed by atoms with van der Waals surface area (Å²) in [4.78, 5) is 0. The first-order chi connectivity index (χ1) is 8.86. The van der Waals surface area contributed by atoms with E-state index in [9.17, 15) is 0 Å². The van der Waals surface area contributed by atoms with Gasteiger partial charge in [-0.3, -0.25) is 0 Å². The molecule has 18 heavy (non-hydrogen) atoms. The number of benzene rings is 1. The van der Waals surface area contributed by atoms with Gasteiger partial charge in [-0.25, -0.2) is 0 Å². The van der Waals surface area contributed by atoms with E-state index in [4.69, 9.17) is 9.47 Å². The Labute approximate surface area is 115 Å². The summed E-state index contributed by atoms with van der Waals surface area (Å²) in [6.45, 7) is 1.37. The molecule has 1 aromatic carbocycles. The van der Waals surface area contributed by atoms with Crippen molar-refractivity contribution in [1.29, 1.82) is 0 Å². The summed E-state index contributed by atoms with van der Waals surface area (Å²) in [6, 6.07) is 4.24. The zero-order valence-corrected chi connectivity index (χ0v) is 12.0. The van der Waals surface area contributed by atoms with Crippen LogP contribution in [-0.2, 0) is 0 Å². The first-order valence-corrected chi connectivity index (χ1v) is 7.78. The fourth-order valence-electron chi connectivity index (χ4n) is 2.15. The molecule has 0 unspecified atom stereocenters. The van der Waals surface area contributed by atoms with E-state index in [1.807, 2.05) is 15.7 Å². The molecule has 0 aliphatic heterocycles. The van der Waals surface area contributed by atoms with E-state index in [0.717, 1.165) is 11.5 Å². The predicted molar refractivity (Wildman–Crippen MR) is 85.3 cm³/mol. The fraction of sp³-hybridized carbons (Fsp3) is 0.167. The number of hydrogen-bond donors (Lipinski definition) is 0. The van der Waals surface area contributed by atoms with Crippen LogP contribution in [0.15, 0.2) is 22.9 Å². The number of thiophene rings is 2. The van der Waals surface area contributed by atoms with Gasteiger partial charge in [-0.1, -0.05) is 0 Å². The van der Waals surface area contributed by atoms with Crippen molar-refractivity contribution in [2.24, 2.45) is 0 Å². The van der Waals surface area contributed by atoms with Gasteiger partial charge in [0.1, 0.15) is 11.5 Å². The molecule has 6 heteroatoms. The van der Waals surface area contributed by atoms with Crippen molar-refractivity contribution in [3.05, 3.63) is 22.9 Å². The van der Waals surface area contributed by atoms with Gasteiger partial charge in [-0.05, 0) is 22.9 Å². The molecule has 0 aliphatic rings. The minimum Gasteiger partial charge on any atom is -0.501 e. The molecule has 2 aromatic heterocycles. The summed E-state index contributed by atoms with van der Waals surface area (Å²) in [5.41, 5.74) is 0. The van der Waals surface area contributed by atoms with E-state index < -0.39 is 0 Å². The Morgan fingerprint density at radius 1 is 0.833 bits per heavy atom. The smallest absolute Gasteiger partial charge is 0.150 e. The van der Waals surface area contributed by atoms with Crippen LogP contribution in [0, 0.1) is 0 Å². The Bertz CT molecular complexity index is 583. The van der Waals surface area contributed by atoms with Gasteiger partial charge >= 0.3 is 0 Å². The molecule has 0 bridgehead atoms. The highest BCUT2D eigenvalue weighted by atomic mass is 32.1. The number of fused-ring (bicyclic) bond motifs is 2. The fourth-order valence-corrected chi connectivity index (χ4v) is 3.96. The summed E-state index contributed by atoms with van der Waals surface area (Å²) in [6.07, 6.45) is 0. The van der Waals surface area contributed by atoms with Gasteiger partial charge in [0.2, 0.25) is 0 Å². The zero-order valence-electron chi connectivity index (χ0n) is 10.4. The van der Waals surface area contributed by atoms with Crippen LogP contribution in [0.2, 0.25) is 0 Å². The van der Waals surface area contributed by atoms with Crippen LogP contribution in [0.3, 0.4) is 0 Å². The minimum absolute atomic E-state index is 0.686. The van der Waals surface area contributed by atoms with E-state index in [0.29, 0.717) is 13.0 Å². The number of rotatable bonds is 4. The van der Waals surface area contributed by atoms with Crippen molar-refractivity contribution in [2.45, 2.75) is 0 Å². The average molecular weight is 274 g/mol. The van der Waals surface area contributed by atoms with E-state index in [2.05, 4.69) is 22.9 Å². The molecule has 0 saturated heterocycles. The SMILES string of the molecule is BCOc1c2ccsc2c(OCB)c2ccsc12. The van der Waals surface area contributed by atoms with Gasteiger partial charge in [-0.2, -0.15) is 0 Å². The summed E-state index contributed by atoms with van der Waals surface area (Å²) in [5, 5.41) is 6.53. The third-order valence-electron chi connectivity index (χ3n) is 2.81. The summed E-state index contributed by atoms with van der Waals surface area (Å²) in [5.74, 6) is 2.00. The highest BCUT2D eigenvalue weighted by Gasteiger charge is 2.17. The van der Waals surface area contributed by atoms with Crippen LogP contribution in [0.5, 0.6) is 11.5 Å². The molecule has 0 aliphatic carbocycles. The van der Waals surface area contributed by atoms with E-state index in [-0.39, 0.29) is 0 Å². The normalized spacial score (nSPS) is 11.1. The average Bonchev–Trinajstić information content (AvgIpc) is 3.01. The summed E-state index contributed by atoms with van der Waals surface area (Å²) >= 11 is 3.42. The van der Waals surface area contributed by atoms with E-state index in [1.54, 1.807) is 22.7 Å². The van der Waals surface area contributed by atoms with Crippen molar-refractivity contribution in [3.8, 4) is 11.5 Å². The quantitative estimate of drug-likeness (QED) is 0.678. The van der Waals surface area contributed by atoms with E-state index in [1.165, 1.54) is 20.2 Å². The van der Waals surface area contributed by atoms with Crippen LogP contribution < -0.4 is 9.47 Å². The van der Waals surface area contributed by atoms with Crippen LogP contribution in [0.1, 0.15) is 0 Å². The lowest BCUT2D eigenvalue weighted by Crippen LogP contribution is -1.99. The molecular formula is C12H12B2O2S2. The van der Waals surface area contributed by atoms with Gasteiger partial charge in [-0.15, -0.1) is 22.7 Å². The molecule has 2 nitrogen and oxygen atoms in total. The topological polar surface area (TPSA) is 18.5 Å². The van der Waals surface area contributed by atoms with Gasteiger partial charge < -0.3 is 9.47 Å². The molecule has 3 rings (SSSR count). The Morgan fingerprint density at radius 3 is 1.67 bits per heavy atom. The monoisotopic (exact) mass is 274 g/mol. The lowest BCUT2D eigenvalue weighted by Gasteiger charge is -2.11. The van der Waals surface area contributed by atoms with Crippen molar-refractivity contribution >= 4 is 58.5 Å². The van der Waals surface area contributed by atoms with Crippen molar-refractivity contribution in [3.63, 3.8) is 0 Å². The molecular weight excluding hydrogens is 262 g/mol. The lowest BCUT2D eigenvalue weighted by molar-refractivity contribution is 0.391. The van der Waals surface area contributed by atoms with Gasteiger partial charge in [0.05, 0.1) is 22.4 Å². The second-order valence-corrected chi connectivity index (χ2v) is 5.68. The van der Waals surface area contributed by atoms with Crippen LogP contribution in [-0.4, -0.2) is 28.7 Å². The Balaban J connectivity index is 2.40. The third kappa shape index (κ3) is 1.71. The largest absolute Gasteiger partial charge is 0.501 e. The van der Waals surface area contributed by atoms with E-state index >= 15 is 0 Å². The standard InChI is InChI=1S/C12H12B2O2S2/c13-5-15-9-7-1-3-17-11(7)10(16-6-14)8-2-4-18-12(8)9/h1-4H,5-6,13-14H2. The maximum Gasteiger partial charge on any atom is 0.150 e. The number of hydrogen-bond acceptors (Lipinski definition) is 4. The zero-order chi connectivity index (χ0) is 12.5. The summed E-state index contributed by atoms with van der Waals surface area (Å²) < 4.78 is 14.1. The van der Waals surface area contributed by atoms with Crippen molar-refractivity contribution in [1.82, 2.24) is 0 Å². The Morgan fingerprint density at radius 2 is 1.28 bits per heavy atom. The number of ether oxygens (including phenoxy) is 2. The third-order valence-corrected chi connectivity index (χ3v) is 4.64. The van der Waals surface area contributed by atoms with Crippen molar-refractivity contribution in [2.75, 3.05) is 13.0 Å². The van der Waals surface area contributed by atoms with Gasteiger partial charge in [0, 0.05) is 10.8 Å². The minimum atomic E-state index is 0.686. The Hall–Kier alpha value is -1.13. The highest BCUT2D eigenvalue weighted by molar-refractivity contribution is 7.19. The van der Waals surface area contributed by atoms with Crippen LogP contribution in [0.25, 0.3) is 20.2 Å². The maximum absolute atomic E-state index is 5.84. The van der Waals surface area contributed by atoms with Crippen LogP contribution >= 0.6 is 22.7 Å². The molecule has 0 spiro atoms. The highest BCUT2D eigenvalue weighted by Crippen LogP contribution is 2.47.